The Morgan fingerprint density at radius 3 is 2.50 bits per heavy atom. The van der Waals surface area contributed by atoms with Crippen LogP contribution in [0.25, 0.3) is 10.9 Å². The topological polar surface area (TPSA) is 65.6 Å². The molecule has 0 radical (unpaired) electrons. The summed E-state index contributed by atoms with van der Waals surface area (Å²) in [6.45, 7) is 3.65. The van der Waals surface area contributed by atoms with E-state index in [1.165, 1.54) is 0 Å². The van der Waals surface area contributed by atoms with Crippen molar-refractivity contribution in [1.29, 1.82) is 0 Å². The Morgan fingerprint density at radius 1 is 1.00 bits per heavy atom. The van der Waals surface area contributed by atoms with Crippen LogP contribution in [0.15, 0.2) is 79.0 Å². The maximum atomic E-state index is 13.6. The molecule has 6 heteroatoms. The zero-order valence-electron chi connectivity index (χ0n) is 19.5. The molecule has 34 heavy (non-hydrogen) atoms. The van der Waals surface area contributed by atoms with E-state index in [0.29, 0.717) is 17.7 Å². The summed E-state index contributed by atoms with van der Waals surface area (Å²) in [6.07, 6.45) is 2.51. The number of aromatic amines is 1. The van der Waals surface area contributed by atoms with Gasteiger partial charge in [-0.05, 0) is 67.4 Å². The third kappa shape index (κ3) is 3.61. The number of fused-ring (bicyclic) bond motifs is 2. The van der Waals surface area contributed by atoms with E-state index in [2.05, 4.69) is 4.98 Å². The van der Waals surface area contributed by atoms with Crippen molar-refractivity contribution in [1.82, 2.24) is 4.98 Å². The summed E-state index contributed by atoms with van der Waals surface area (Å²) in [5.41, 5.74) is 4.25. The fourth-order valence-corrected chi connectivity index (χ4v) is 5.04. The molecule has 0 bridgehead atoms. The summed E-state index contributed by atoms with van der Waals surface area (Å²) < 4.78 is 5.24. The Balaban J connectivity index is 1.59. The summed E-state index contributed by atoms with van der Waals surface area (Å²) in [7, 11) is 1.61. The van der Waals surface area contributed by atoms with Gasteiger partial charge in [-0.25, -0.2) is 0 Å². The number of carbonyl (C=O) groups excluding carboxylic acids is 2. The number of para-hydroxylation sites is 1. The summed E-state index contributed by atoms with van der Waals surface area (Å²) >= 11 is 0. The maximum absolute atomic E-state index is 13.6. The van der Waals surface area contributed by atoms with E-state index in [9.17, 15) is 9.59 Å². The Hall–Kier alpha value is -4.06. The molecule has 1 N–H and O–H groups in total. The molecule has 1 aromatic heterocycles. The largest absolute Gasteiger partial charge is 0.497 e. The van der Waals surface area contributed by atoms with Gasteiger partial charge in [-0.2, -0.15) is 0 Å². The second kappa shape index (κ2) is 8.71. The van der Waals surface area contributed by atoms with Crippen molar-refractivity contribution in [3.63, 3.8) is 0 Å². The van der Waals surface area contributed by atoms with Crippen LogP contribution in [0.1, 0.15) is 42.2 Å². The minimum atomic E-state index is -0.191. The molecule has 172 valence electrons. The van der Waals surface area contributed by atoms with Gasteiger partial charge in [0, 0.05) is 41.3 Å². The van der Waals surface area contributed by atoms with Crippen LogP contribution in [0, 0.1) is 0 Å². The predicted octanol–water partition coefficient (Wildman–Crippen LogP) is 5.71. The monoisotopic (exact) mass is 453 g/mol. The smallest absolute Gasteiger partial charge is 0.258 e. The Labute approximate surface area is 198 Å². The molecule has 2 heterocycles. The standard InChI is InChI=1S/C28H27N3O3/c1-18-17-27(31(19(2)32)25-10-6-8-24-22(25)15-16-29-24)23-7-4-5-9-26(23)30(18)28(33)20-11-13-21(34-3)14-12-20/h4-16,18,27,29H,17H2,1-3H3/t18-,27+/m0/s1. The van der Waals surface area contributed by atoms with Crippen LogP contribution in [0.5, 0.6) is 5.75 Å². The van der Waals surface area contributed by atoms with Crippen molar-refractivity contribution in [2.75, 3.05) is 16.9 Å². The highest BCUT2D eigenvalue weighted by Gasteiger charge is 2.38. The average Bonchev–Trinajstić information content (AvgIpc) is 3.33. The highest BCUT2D eigenvalue weighted by atomic mass is 16.5. The number of hydrogen-bond donors (Lipinski definition) is 1. The van der Waals surface area contributed by atoms with Crippen LogP contribution in [0.3, 0.4) is 0 Å². The van der Waals surface area contributed by atoms with Gasteiger partial charge in [0.05, 0.1) is 18.8 Å². The van der Waals surface area contributed by atoms with Crippen LogP contribution >= 0.6 is 0 Å². The fourth-order valence-electron chi connectivity index (χ4n) is 5.04. The SMILES string of the molecule is COc1ccc(C(=O)N2c3ccccc3[C@H](N(C(C)=O)c3cccc4[nH]ccc34)C[C@@H]2C)cc1. The van der Waals surface area contributed by atoms with E-state index in [0.717, 1.165) is 27.8 Å². The van der Waals surface area contributed by atoms with Gasteiger partial charge in [-0.15, -0.1) is 0 Å². The molecule has 2 atom stereocenters. The lowest BCUT2D eigenvalue weighted by Crippen LogP contribution is -2.47. The minimum absolute atomic E-state index is 0.0318. The lowest BCUT2D eigenvalue weighted by Gasteiger charge is -2.43. The number of hydrogen-bond acceptors (Lipinski definition) is 3. The number of nitrogens with one attached hydrogen (secondary N) is 1. The van der Waals surface area contributed by atoms with Crippen molar-refractivity contribution in [2.45, 2.75) is 32.4 Å². The Morgan fingerprint density at radius 2 is 1.76 bits per heavy atom. The van der Waals surface area contributed by atoms with Crippen LogP contribution in [-0.4, -0.2) is 29.9 Å². The molecule has 0 aliphatic carbocycles. The quantitative estimate of drug-likeness (QED) is 0.430. The summed E-state index contributed by atoms with van der Waals surface area (Å²) in [4.78, 5) is 33.6. The third-order valence-electron chi connectivity index (χ3n) is 6.60. The molecule has 4 aromatic rings. The molecular formula is C28H27N3O3. The second-order valence-electron chi connectivity index (χ2n) is 8.67. The van der Waals surface area contributed by atoms with Gasteiger partial charge in [0.15, 0.2) is 0 Å². The molecule has 0 unspecified atom stereocenters. The van der Waals surface area contributed by atoms with Crippen molar-refractivity contribution in [2.24, 2.45) is 0 Å². The summed E-state index contributed by atoms with van der Waals surface area (Å²) in [5.74, 6) is 0.610. The van der Waals surface area contributed by atoms with E-state index < -0.39 is 0 Å². The minimum Gasteiger partial charge on any atom is -0.497 e. The van der Waals surface area contributed by atoms with E-state index in [4.69, 9.17) is 4.74 Å². The molecular weight excluding hydrogens is 426 g/mol. The van der Waals surface area contributed by atoms with Crippen LogP contribution in [-0.2, 0) is 4.79 Å². The zero-order chi connectivity index (χ0) is 23.8. The number of amides is 2. The highest BCUT2D eigenvalue weighted by Crippen LogP contribution is 2.44. The first kappa shape index (κ1) is 21.8. The number of ether oxygens (including phenoxy) is 1. The molecule has 1 aliphatic rings. The van der Waals surface area contributed by atoms with Crippen molar-refractivity contribution >= 4 is 34.1 Å². The predicted molar refractivity (Wildman–Crippen MR) is 135 cm³/mol. The molecule has 3 aromatic carbocycles. The Bertz CT molecular complexity index is 1360. The van der Waals surface area contributed by atoms with Crippen molar-refractivity contribution in [3.05, 3.63) is 90.1 Å². The van der Waals surface area contributed by atoms with Gasteiger partial charge in [0.1, 0.15) is 5.75 Å². The molecule has 1 aliphatic heterocycles. The molecule has 6 nitrogen and oxygen atoms in total. The van der Waals surface area contributed by atoms with Gasteiger partial charge in [-0.1, -0.05) is 24.3 Å². The number of methoxy groups -OCH3 is 1. The van der Waals surface area contributed by atoms with E-state index in [1.807, 2.05) is 71.5 Å². The summed E-state index contributed by atoms with van der Waals surface area (Å²) in [5, 5.41) is 1.000. The van der Waals surface area contributed by atoms with Crippen molar-refractivity contribution < 1.29 is 14.3 Å². The maximum Gasteiger partial charge on any atom is 0.258 e. The van der Waals surface area contributed by atoms with Crippen LogP contribution < -0.4 is 14.5 Å². The Kier molecular flexibility index (Phi) is 5.57. The first-order valence-corrected chi connectivity index (χ1v) is 11.4. The van der Waals surface area contributed by atoms with Gasteiger partial charge in [0.25, 0.3) is 5.91 Å². The highest BCUT2D eigenvalue weighted by molar-refractivity contribution is 6.08. The van der Waals surface area contributed by atoms with E-state index in [-0.39, 0.29) is 23.9 Å². The van der Waals surface area contributed by atoms with Gasteiger partial charge in [0.2, 0.25) is 5.91 Å². The number of H-pyrrole nitrogens is 1. The lowest BCUT2D eigenvalue weighted by molar-refractivity contribution is -0.117. The molecule has 2 amide bonds. The number of rotatable bonds is 4. The molecule has 0 spiro atoms. The summed E-state index contributed by atoms with van der Waals surface area (Å²) in [6, 6.07) is 22.7. The molecule has 0 saturated heterocycles. The van der Waals surface area contributed by atoms with E-state index in [1.54, 1.807) is 38.3 Å². The average molecular weight is 454 g/mol. The lowest BCUT2D eigenvalue weighted by atomic mass is 9.89. The van der Waals surface area contributed by atoms with Crippen LogP contribution in [0.4, 0.5) is 11.4 Å². The number of aromatic nitrogens is 1. The zero-order valence-corrected chi connectivity index (χ0v) is 19.5. The van der Waals surface area contributed by atoms with Gasteiger partial charge < -0.3 is 19.5 Å². The van der Waals surface area contributed by atoms with Gasteiger partial charge in [-0.3, -0.25) is 9.59 Å². The van der Waals surface area contributed by atoms with E-state index >= 15 is 0 Å². The van der Waals surface area contributed by atoms with Crippen molar-refractivity contribution in [3.8, 4) is 5.75 Å². The number of carbonyl (C=O) groups is 2. The first-order chi connectivity index (χ1) is 16.5. The van der Waals surface area contributed by atoms with Crippen LogP contribution in [0.2, 0.25) is 0 Å². The number of benzene rings is 3. The molecule has 5 rings (SSSR count). The molecule has 0 saturated carbocycles. The molecule has 0 fully saturated rings. The third-order valence-corrected chi connectivity index (χ3v) is 6.60. The number of nitrogens with zero attached hydrogens (tertiary/aromatic N) is 2. The van der Waals surface area contributed by atoms with Gasteiger partial charge >= 0.3 is 0 Å². The number of anilines is 2. The normalized spacial score (nSPS) is 17.3. The second-order valence-corrected chi connectivity index (χ2v) is 8.67. The first-order valence-electron chi connectivity index (χ1n) is 11.4. The fraction of sp³-hybridized carbons (Fsp3) is 0.214.